The van der Waals surface area contributed by atoms with E-state index in [1.165, 1.54) is 0 Å². The standard InChI is InChI=1S/C12H17N3O/c1-8-3-4-13-7-11(8)15-12(16)9(2)10-5-14-6-10/h3-4,7,9-10,14H,5-6H2,1-2H3,(H,15,16). The van der Waals surface area contributed by atoms with E-state index in [0.717, 1.165) is 24.3 Å². The lowest BCUT2D eigenvalue weighted by atomic mass is 9.88. The van der Waals surface area contributed by atoms with E-state index < -0.39 is 0 Å². The maximum absolute atomic E-state index is 11.9. The van der Waals surface area contributed by atoms with Crippen molar-refractivity contribution in [2.45, 2.75) is 13.8 Å². The van der Waals surface area contributed by atoms with Gasteiger partial charge >= 0.3 is 0 Å². The molecule has 86 valence electrons. The summed E-state index contributed by atoms with van der Waals surface area (Å²) in [5, 5.41) is 6.11. The summed E-state index contributed by atoms with van der Waals surface area (Å²) in [5.74, 6) is 0.612. The van der Waals surface area contributed by atoms with Crippen LogP contribution in [-0.2, 0) is 4.79 Å². The van der Waals surface area contributed by atoms with Gasteiger partial charge in [-0.3, -0.25) is 9.78 Å². The van der Waals surface area contributed by atoms with Crippen LogP contribution in [-0.4, -0.2) is 24.0 Å². The smallest absolute Gasteiger partial charge is 0.227 e. The molecule has 4 nitrogen and oxygen atoms in total. The molecular formula is C12H17N3O. The van der Waals surface area contributed by atoms with Crippen LogP contribution < -0.4 is 10.6 Å². The molecule has 1 aromatic rings. The Hall–Kier alpha value is -1.42. The highest BCUT2D eigenvalue weighted by molar-refractivity contribution is 5.93. The van der Waals surface area contributed by atoms with Crippen LogP contribution in [0.25, 0.3) is 0 Å². The Bertz CT molecular complexity index is 388. The van der Waals surface area contributed by atoms with Gasteiger partial charge in [-0.2, -0.15) is 0 Å². The molecule has 1 atom stereocenters. The molecule has 1 aliphatic heterocycles. The molecule has 1 aliphatic rings. The van der Waals surface area contributed by atoms with Crippen molar-refractivity contribution in [1.29, 1.82) is 0 Å². The highest BCUT2D eigenvalue weighted by atomic mass is 16.1. The summed E-state index contributed by atoms with van der Waals surface area (Å²) in [7, 11) is 0. The van der Waals surface area contributed by atoms with Crippen LogP contribution in [0.4, 0.5) is 5.69 Å². The number of nitrogens with one attached hydrogen (secondary N) is 2. The van der Waals surface area contributed by atoms with Crippen molar-refractivity contribution < 1.29 is 4.79 Å². The van der Waals surface area contributed by atoms with Crippen molar-refractivity contribution in [2.24, 2.45) is 11.8 Å². The summed E-state index contributed by atoms with van der Waals surface area (Å²) in [5.41, 5.74) is 1.86. The van der Waals surface area contributed by atoms with Crippen LogP contribution in [0.3, 0.4) is 0 Å². The van der Waals surface area contributed by atoms with Crippen LogP contribution in [0.15, 0.2) is 18.5 Å². The lowest BCUT2D eigenvalue weighted by Crippen LogP contribution is -2.48. The molecule has 0 bridgehead atoms. The lowest BCUT2D eigenvalue weighted by molar-refractivity contribution is -0.121. The first kappa shape index (κ1) is 11.1. The average Bonchev–Trinajstić information content (AvgIpc) is 2.18. The minimum atomic E-state index is 0.0563. The number of amides is 1. The van der Waals surface area contributed by atoms with E-state index in [-0.39, 0.29) is 11.8 Å². The largest absolute Gasteiger partial charge is 0.324 e. The summed E-state index contributed by atoms with van der Waals surface area (Å²) in [6.45, 7) is 5.83. The molecule has 0 aliphatic carbocycles. The van der Waals surface area contributed by atoms with Gasteiger partial charge < -0.3 is 10.6 Å². The van der Waals surface area contributed by atoms with Gasteiger partial charge in [0.2, 0.25) is 5.91 Å². The monoisotopic (exact) mass is 219 g/mol. The minimum Gasteiger partial charge on any atom is -0.324 e. The summed E-state index contributed by atoms with van der Waals surface area (Å²) in [4.78, 5) is 15.9. The third kappa shape index (κ3) is 2.22. The Balaban J connectivity index is 1.99. The number of hydrogen-bond donors (Lipinski definition) is 2. The number of anilines is 1. The molecule has 1 fully saturated rings. The minimum absolute atomic E-state index is 0.0563. The molecule has 16 heavy (non-hydrogen) atoms. The van der Waals surface area contributed by atoms with E-state index in [4.69, 9.17) is 0 Å². The van der Waals surface area contributed by atoms with Gasteiger partial charge in [0.1, 0.15) is 0 Å². The Morgan fingerprint density at radius 1 is 1.62 bits per heavy atom. The van der Waals surface area contributed by atoms with Gasteiger partial charge in [-0.25, -0.2) is 0 Å². The van der Waals surface area contributed by atoms with Gasteiger partial charge in [-0.15, -0.1) is 0 Å². The van der Waals surface area contributed by atoms with Crippen molar-refractivity contribution in [3.05, 3.63) is 24.0 Å². The van der Waals surface area contributed by atoms with Crippen LogP contribution in [0.5, 0.6) is 0 Å². The van der Waals surface area contributed by atoms with Crippen LogP contribution in [0.2, 0.25) is 0 Å². The topological polar surface area (TPSA) is 54.0 Å². The summed E-state index contributed by atoms with van der Waals surface area (Å²) >= 11 is 0. The zero-order valence-corrected chi connectivity index (χ0v) is 9.66. The quantitative estimate of drug-likeness (QED) is 0.802. The van der Waals surface area contributed by atoms with E-state index >= 15 is 0 Å². The Morgan fingerprint density at radius 3 is 2.94 bits per heavy atom. The van der Waals surface area contributed by atoms with E-state index in [2.05, 4.69) is 15.6 Å². The number of carbonyl (C=O) groups is 1. The third-order valence-electron chi connectivity index (χ3n) is 3.23. The van der Waals surface area contributed by atoms with Crippen molar-refractivity contribution in [1.82, 2.24) is 10.3 Å². The first-order valence-corrected chi connectivity index (χ1v) is 5.60. The first-order valence-electron chi connectivity index (χ1n) is 5.60. The molecule has 0 spiro atoms. The average molecular weight is 219 g/mol. The van der Waals surface area contributed by atoms with Gasteiger partial charge in [0.05, 0.1) is 11.9 Å². The second-order valence-electron chi connectivity index (χ2n) is 4.39. The number of aromatic nitrogens is 1. The van der Waals surface area contributed by atoms with E-state index in [1.807, 2.05) is 19.9 Å². The second-order valence-corrected chi connectivity index (χ2v) is 4.39. The SMILES string of the molecule is Cc1ccncc1NC(=O)C(C)C1CNC1. The number of aryl methyl sites for hydroxylation is 1. The van der Waals surface area contributed by atoms with Gasteiger partial charge in [0, 0.05) is 12.1 Å². The summed E-state index contributed by atoms with van der Waals surface area (Å²) < 4.78 is 0. The third-order valence-corrected chi connectivity index (χ3v) is 3.23. The van der Waals surface area contributed by atoms with E-state index in [9.17, 15) is 4.79 Å². The summed E-state index contributed by atoms with van der Waals surface area (Å²) in [6, 6.07) is 1.89. The zero-order chi connectivity index (χ0) is 11.5. The predicted octanol–water partition coefficient (Wildman–Crippen LogP) is 1.18. The van der Waals surface area contributed by atoms with Gasteiger partial charge in [0.15, 0.2) is 0 Å². The lowest BCUT2D eigenvalue weighted by Gasteiger charge is -2.31. The Labute approximate surface area is 95.5 Å². The van der Waals surface area contributed by atoms with Crippen molar-refractivity contribution in [3.63, 3.8) is 0 Å². The highest BCUT2D eigenvalue weighted by Crippen LogP contribution is 2.19. The van der Waals surface area contributed by atoms with Gasteiger partial charge in [0.25, 0.3) is 0 Å². The molecule has 1 saturated heterocycles. The number of carbonyl (C=O) groups excluding carboxylic acids is 1. The van der Waals surface area contributed by atoms with Gasteiger partial charge in [-0.1, -0.05) is 6.92 Å². The molecule has 0 aromatic carbocycles. The number of hydrogen-bond acceptors (Lipinski definition) is 3. The van der Waals surface area contributed by atoms with E-state index in [0.29, 0.717) is 5.92 Å². The molecule has 2 heterocycles. The number of pyridine rings is 1. The predicted molar refractivity (Wildman–Crippen MR) is 63.1 cm³/mol. The van der Waals surface area contributed by atoms with E-state index in [1.54, 1.807) is 12.4 Å². The maximum atomic E-state index is 11.9. The van der Waals surface area contributed by atoms with Crippen LogP contribution in [0, 0.1) is 18.8 Å². The summed E-state index contributed by atoms with van der Waals surface area (Å²) in [6.07, 6.45) is 3.42. The Morgan fingerprint density at radius 2 is 2.38 bits per heavy atom. The highest BCUT2D eigenvalue weighted by Gasteiger charge is 2.28. The zero-order valence-electron chi connectivity index (χ0n) is 9.66. The molecule has 1 unspecified atom stereocenters. The molecular weight excluding hydrogens is 202 g/mol. The molecule has 0 radical (unpaired) electrons. The number of nitrogens with zero attached hydrogens (tertiary/aromatic N) is 1. The second kappa shape index (κ2) is 4.61. The van der Waals surface area contributed by atoms with Crippen LogP contribution >= 0.6 is 0 Å². The molecule has 2 N–H and O–H groups in total. The fraction of sp³-hybridized carbons (Fsp3) is 0.500. The molecule has 1 amide bonds. The van der Waals surface area contributed by atoms with Gasteiger partial charge in [-0.05, 0) is 37.6 Å². The first-order chi connectivity index (χ1) is 7.68. The molecule has 1 aromatic heterocycles. The molecule has 4 heteroatoms. The fourth-order valence-corrected chi connectivity index (χ4v) is 1.72. The Kier molecular flexibility index (Phi) is 3.19. The normalized spacial score (nSPS) is 17.6. The van der Waals surface area contributed by atoms with Crippen molar-refractivity contribution in [3.8, 4) is 0 Å². The number of rotatable bonds is 3. The molecule has 2 rings (SSSR count). The van der Waals surface area contributed by atoms with Crippen molar-refractivity contribution in [2.75, 3.05) is 18.4 Å². The van der Waals surface area contributed by atoms with Crippen LogP contribution in [0.1, 0.15) is 12.5 Å². The fourth-order valence-electron chi connectivity index (χ4n) is 1.72. The molecule has 0 saturated carbocycles. The maximum Gasteiger partial charge on any atom is 0.227 e. The van der Waals surface area contributed by atoms with Crippen molar-refractivity contribution >= 4 is 11.6 Å².